The summed E-state index contributed by atoms with van der Waals surface area (Å²) < 4.78 is 98.1. The van der Waals surface area contributed by atoms with Crippen LogP contribution in [0.15, 0.2) is 36.7 Å². The van der Waals surface area contributed by atoms with Crippen LogP contribution in [0, 0.1) is 11.6 Å². The largest absolute Gasteiger partial charge is 0.435 e. The Kier molecular flexibility index (Phi) is 9.52. The van der Waals surface area contributed by atoms with E-state index in [0.717, 1.165) is 29.4 Å². The first-order valence-electron chi connectivity index (χ1n) is 14.1. The van der Waals surface area contributed by atoms with Crippen LogP contribution in [-0.4, -0.2) is 70.4 Å². The maximum Gasteiger partial charge on any atom is 0.435 e. The molecule has 10 nitrogen and oxygen atoms in total. The Balaban J connectivity index is 1.41. The number of amides is 1. The number of piperazine rings is 1. The lowest BCUT2D eigenvalue weighted by atomic mass is 9.87. The number of anilines is 1. The first kappa shape index (κ1) is 33.2. The standard InChI is InChI=1S/C28H31ClF5N7O3S/c1-40-23(10-24(39-40)28(32,33)34)25(15-4-7-19(29)20(30)9-15)26(35)27(42)38-22-13-36-12-21(31)18(22)6-5-17-11-37-16-3-2-8-45(43,44)41(17)14-16/h4,7,9-10,12-13,16-17,25-26,37H,2-3,5-6,8,11,14,35H2,1H3,(H,38,42)/t16-,17+,25+,26+/m1/s1. The van der Waals surface area contributed by atoms with Gasteiger partial charge in [0.2, 0.25) is 15.9 Å². The summed E-state index contributed by atoms with van der Waals surface area (Å²) in [5, 5.41) is 9.12. The fourth-order valence-corrected chi connectivity index (χ4v) is 7.85. The van der Waals surface area contributed by atoms with Crippen LogP contribution in [-0.2, 0) is 34.5 Å². The van der Waals surface area contributed by atoms with Gasteiger partial charge in [0.25, 0.3) is 0 Å². The minimum absolute atomic E-state index is 0.0321. The number of benzene rings is 1. The van der Waals surface area contributed by atoms with Crippen molar-refractivity contribution in [3.8, 4) is 0 Å². The molecule has 2 bridgehead atoms. The van der Waals surface area contributed by atoms with Crippen molar-refractivity contribution in [3.05, 3.63) is 75.8 Å². The van der Waals surface area contributed by atoms with Crippen molar-refractivity contribution in [2.24, 2.45) is 12.8 Å². The number of carbonyl (C=O) groups is 1. The number of hydrogen-bond acceptors (Lipinski definition) is 7. The van der Waals surface area contributed by atoms with Crippen molar-refractivity contribution >= 4 is 33.2 Å². The highest BCUT2D eigenvalue weighted by Gasteiger charge is 2.39. The van der Waals surface area contributed by atoms with Crippen LogP contribution in [0.2, 0.25) is 5.02 Å². The first-order chi connectivity index (χ1) is 21.2. The summed E-state index contributed by atoms with van der Waals surface area (Å²) in [6.07, 6.45) is -1.11. The van der Waals surface area contributed by atoms with Gasteiger partial charge in [0.05, 0.1) is 40.8 Å². The van der Waals surface area contributed by atoms with Crippen molar-refractivity contribution in [2.75, 3.05) is 24.2 Å². The van der Waals surface area contributed by atoms with E-state index >= 15 is 4.39 Å². The molecular weight excluding hydrogens is 645 g/mol. The molecule has 4 heterocycles. The molecule has 244 valence electrons. The SMILES string of the molecule is Cn1nc(C(F)(F)F)cc1[C@H](c1ccc(Cl)c(F)c1)[C@H](N)C(=O)Nc1cncc(F)c1CC[C@H]1CN[C@@H]2CCCS(=O)(=O)N1C2. The van der Waals surface area contributed by atoms with E-state index in [9.17, 15) is 30.8 Å². The highest BCUT2D eigenvalue weighted by molar-refractivity contribution is 7.89. The van der Waals surface area contributed by atoms with E-state index in [0.29, 0.717) is 19.5 Å². The molecule has 1 aromatic carbocycles. The monoisotopic (exact) mass is 675 g/mol. The molecular formula is C28H31ClF5N7O3S. The summed E-state index contributed by atoms with van der Waals surface area (Å²) in [6, 6.07) is 2.19. The number of nitrogens with zero attached hydrogens (tertiary/aromatic N) is 4. The molecule has 0 saturated carbocycles. The molecule has 5 rings (SSSR count). The molecule has 2 aliphatic rings. The molecule has 17 heteroatoms. The van der Waals surface area contributed by atoms with Gasteiger partial charge in [-0.3, -0.25) is 14.5 Å². The maximum atomic E-state index is 15.1. The summed E-state index contributed by atoms with van der Waals surface area (Å²) in [5.74, 6) is -3.85. The molecule has 0 aliphatic carbocycles. The van der Waals surface area contributed by atoms with E-state index < -0.39 is 57.4 Å². The van der Waals surface area contributed by atoms with Gasteiger partial charge in [-0.2, -0.15) is 22.6 Å². The van der Waals surface area contributed by atoms with Gasteiger partial charge < -0.3 is 16.4 Å². The fraction of sp³-hybridized carbons (Fsp3) is 0.464. The number of fused-ring (bicyclic) bond motifs is 2. The van der Waals surface area contributed by atoms with Gasteiger partial charge in [0.1, 0.15) is 11.6 Å². The number of aromatic nitrogens is 3. The molecule has 1 unspecified atom stereocenters. The number of hydrogen-bond donors (Lipinski definition) is 3. The van der Waals surface area contributed by atoms with E-state index in [2.05, 4.69) is 20.7 Å². The second kappa shape index (κ2) is 12.9. The summed E-state index contributed by atoms with van der Waals surface area (Å²) in [4.78, 5) is 17.4. The Morgan fingerprint density at radius 1 is 1.22 bits per heavy atom. The number of nitrogens with two attached hydrogens (primary N) is 1. The average Bonchev–Trinajstić information content (AvgIpc) is 3.31. The Morgan fingerprint density at radius 3 is 2.67 bits per heavy atom. The van der Waals surface area contributed by atoms with Crippen molar-refractivity contribution < 1.29 is 35.2 Å². The molecule has 45 heavy (non-hydrogen) atoms. The van der Waals surface area contributed by atoms with E-state index in [1.54, 1.807) is 0 Å². The molecule has 2 fully saturated rings. The smallest absolute Gasteiger partial charge is 0.323 e. The Labute approximate surface area is 261 Å². The Morgan fingerprint density at radius 2 is 1.98 bits per heavy atom. The zero-order valence-electron chi connectivity index (χ0n) is 24.0. The summed E-state index contributed by atoms with van der Waals surface area (Å²) in [7, 11) is -2.25. The summed E-state index contributed by atoms with van der Waals surface area (Å²) in [5.41, 5.74) is 5.03. The number of alkyl halides is 3. The Hall–Kier alpha value is -3.18. The predicted molar refractivity (Wildman–Crippen MR) is 156 cm³/mol. The second-order valence-electron chi connectivity index (χ2n) is 11.2. The summed E-state index contributed by atoms with van der Waals surface area (Å²) >= 11 is 5.81. The third-order valence-electron chi connectivity index (χ3n) is 8.24. The molecule has 4 N–H and O–H groups in total. The van der Waals surface area contributed by atoms with Crippen LogP contribution < -0.4 is 16.4 Å². The van der Waals surface area contributed by atoms with Gasteiger partial charge in [-0.1, -0.05) is 17.7 Å². The predicted octanol–water partition coefficient (Wildman–Crippen LogP) is 3.56. The van der Waals surface area contributed by atoms with E-state index in [4.69, 9.17) is 17.3 Å². The molecule has 2 aromatic heterocycles. The number of rotatable bonds is 8. The number of aryl methyl sites for hydroxylation is 1. The number of halogens is 6. The van der Waals surface area contributed by atoms with Crippen molar-refractivity contribution in [1.29, 1.82) is 0 Å². The van der Waals surface area contributed by atoms with E-state index in [1.165, 1.54) is 29.7 Å². The highest BCUT2D eigenvalue weighted by atomic mass is 35.5. The fourth-order valence-electron chi connectivity index (χ4n) is 5.93. The molecule has 5 atom stereocenters. The topological polar surface area (TPSA) is 135 Å². The lowest BCUT2D eigenvalue weighted by Gasteiger charge is -2.37. The Bertz CT molecular complexity index is 1690. The number of pyridine rings is 1. The number of carbonyl (C=O) groups excluding carboxylic acids is 1. The first-order valence-corrected chi connectivity index (χ1v) is 16.1. The van der Waals surface area contributed by atoms with Gasteiger partial charge in [0.15, 0.2) is 5.69 Å². The second-order valence-corrected chi connectivity index (χ2v) is 13.7. The lowest BCUT2D eigenvalue weighted by Crippen LogP contribution is -2.57. The lowest BCUT2D eigenvalue weighted by molar-refractivity contribution is -0.141. The van der Waals surface area contributed by atoms with E-state index in [1.807, 2.05) is 0 Å². The average molecular weight is 676 g/mol. The molecule has 3 aromatic rings. The van der Waals surface area contributed by atoms with Crippen molar-refractivity contribution in [2.45, 2.75) is 55.9 Å². The van der Waals surface area contributed by atoms with E-state index in [-0.39, 0.29) is 52.2 Å². The molecule has 2 aliphatic heterocycles. The maximum absolute atomic E-state index is 15.1. The van der Waals surface area contributed by atoms with Crippen LogP contribution in [0.5, 0.6) is 0 Å². The third kappa shape index (κ3) is 7.14. The summed E-state index contributed by atoms with van der Waals surface area (Å²) in [6.45, 7) is 0.703. The zero-order chi connectivity index (χ0) is 32.7. The van der Waals surface area contributed by atoms with Gasteiger partial charge in [-0.15, -0.1) is 0 Å². The molecule has 2 saturated heterocycles. The van der Waals surface area contributed by atoms with Crippen molar-refractivity contribution in [1.82, 2.24) is 24.4 Å². The van der Waals surface area contributed by atoms with Crippen LogP contribution in [0.4, 0.5) is 27.6 Å². The van der Waals surface area contributed by atoms with Gasteiger partial charge in [0, 0.05) is 43.5 Å². The molecule has 1 amide bonds. The van der Waals surface area contributed by atoms with Crippen LogP contribution in [0.25, 0.3) is 0 Å². The molecule has 0 radical (unpaired) electrons. The normalized spacial score (nSPS) is 22.8. The van der Waals surface area contributed by atoms with Gasteiger partial charge in [-0.25, -0.2) is 17.2 Å². The van der Waals surface area contributed by atoms with Crippen LogP contribution >= 0.6 is 11.6 Å². The zero-order valence-corrected chi connectivity index (χ0v) is 25.6. The van der Waals surface area contributed by atoms with Crippen LogP contribution in [0.3, 0.4) is 0 Å². The minimum atomic E-state index is -4.80. The van der Waals surface area contributed by atoms with Crippen LogP contribution in [0.1, 0.15) is 47.7 Å². The number of nitrogens with one attached hydrogen (secondary N) is 2. The third-order valence-corrected chi connectivity index (χ3v) is 10.5. The molecule has 0 spiro atoms. The quantitative estimate of drug-likeness (QED) is 0.311. The number of sulfonamides is 1. The van der Waals surface area contributed by atoms with Gasteiger partial charge in [-0.05, 0) is 49.4 Å². The minimum Gasteiger partial charge on any atom is -0.323 e. The van der Waals surface area contributed by atoms with Crippen molar-refractivity contribution in [3.63, 3.8) is 0 Å². The highest BCUT2D eigenvalue weighted by Crippen LogP contribution is 2.35. The van der Waals surface area contributed by atoms with Gasteiger partial charge >= 0.3 is 6.18 Å².